The van der Waals surface area contributed by atoms with Gasteiger partial charge in [-0.05, 0) is 47.1 Å². The summed E-state index contributed by atoms with van der Waals surface area (Å²) >= 11 is 3.16. The molecule has 0 spiro atoms. The van der Waals surface area contributed by atoms with Gasteiger partial charge >= 0.3 is 0 Å². The predicted octanol–water partition coefficient (Wildman–Crippen LogP) is 3.57. The molecule has 0 bridgehead atoms. The van der Waals surface area contributed by atoms with E-state index in [1.165, 1.54) is 19.1 Å². The molecule has 0 saturated carbocycles. The second kappa shape index (κ2) is 5.84. The Labute approximate surface area is 130 Å². The van der Waals surface area contributed by atoms with Gasteiger partial charge in [-0.1, -0.05) is 12.1 Å². The number of rotatable bonds is 3. The molecule has 21 heavy (non-hydrogen) atoms. The van der Waals surface area contributed by atoms with Crippen molar-refractivity contribution in [3.8, 4) is 6.07 Å². The van der Waals surface area contributed by atoms with Crippen molar-refractivity contribution in [2.75, 3.05) is 4.72 Å². The summed E-state index contributed by atoms with van der Waals surface area (Å²) in [5.74, 6) is -0.640. The number of benzene rings is 2. The van der Waals surface area contributed by atoms with Gasteiger partial charge in [0, 0.05) is 10.0 Å². The first kappa shape index (κ1) is 15.5. The number of sulfonamides is 1. The minimum atomic E-state index is -3.88. The summed E-state index contributed by atoms with van der Waals surface area (Å²) in [6.07, 6.45) is 0. The van der Waals surface area contributed by atoms with Crippen molar-refractivity contribution in [2.24, 2.45) is 0 Å². The highest BCUT2D eigenvalue weighted by Gasteiger charge is 2.19. The van der Waals surface area contributed by atoms with E-state index in [0.717, 1.165) is 6.07 Å². The molecule has 0 unspecified atom stereocenters. The van der Waals surface area contributed by atoms with Crippen molar-refractivity contribution in [3.05, 3.63) is 57.8 Å². The van der Waals surface area contributed by atoms with Crippen LogP contribution < -0.4 is 4.72 Å². The fraction of sp³-hybridized carbons (Fsp3) is 0.0714. The number of anilines is 1. The fourth-order valence-corrected chi connectivity index (χ4v) is 3.83. The molecule has 7 heteroatoms. The predicted molar refractivity (Wildman–Crippen MR) is 80.8 cm³/mol. The SMILES string of the molecule is Cc1c(F)cc(C#N)cc1NS(=O)(=O)c1ccccc1Br. The van der Waals surface area contributed by atoms with Crippen LogP contribution in [0.4, 0.5) is 10.1 Å². The minimum Gasteiger partial charge on any atom is -0.279 e. The quantitative estimate of drug-likeness (QED) is 0.899. The summed E-state index contributed by atoms with van der Waals surface area (Å²) < 4.78 is 41.1. The maximum absolute atomic E-state index is 13.7. The van der Waals surface area contributed by atoms with Crippen molar-refractivity contribution in [2.45, 2.75) is 11.8 Å². The van der Waals surface area contributed by atoms with Gasteiger partial charge in [0.2, 0.25) is 0 Å². The van der Waals surface area contributed by atoms with Gasteiger partial charge < -0.3 is 0 Å². The van der Waals surface area contributed by atoms with E-state index in [1.807, 2.05) is 0 Å². The second-order valence-electron chi connectivity index (χ2n) is 4.28. The lowest BCUT2D eigenvalue weighted by Crippen LogP contribution is -2.15. The van der Waals surface area contributed by atoms with Crippen LogP contribution in [-0.4, -0.2) is 8.42 Å². The van der Waals surface area contributed by atoms with E-state index in [9.17, 15) is 12.8 Å². The van der Waals surface area contributed by atoms with Gasteiger partial charge in [0.1, 0.15) is 10.7 Å². The van der Waals surface area contributed by atoms with E-state index < -0.39 is 15.8 Å². The lowest BCUT2D eigenvalue weighted by atomic mass is 10.1. The summed E-state index contributed by atoms with van der Waals surface area (Å²) in [6.45, 7) is 1.44. The molecule has 0 aliphatic rings. The van der Waals surface area contributed by atoms with Gasteiger partial charge in [-0.15, -0.1) is 0 Å². The van der Waals surface area contributed by atoms with E-state index in [0.29, 0.717) is 4.47 Å². The average Bonchev–Trinajstić information content (AvgIpc) is 2.43. The summed E-state index contributed by atoms with van der Waals surface area (Å²) in [5.41, 5.74) is 0.217. The number of halogens is 2. The summed E-state index contributed by atoms with van der Waals surface area (Å²) in [4.78, 5) is 0.0344. The molecule has 2 aromatic carbocycles. The third kappa shape index (κ3) is 3.23. The molecule has 0 aliphatic heterocycles. The molecule has 2 aromatic rings. The molecule has 4 nitrogen and oxygen atoms in total. The Balaban J connectivity index is 2.50. The molecule has 0 heterocycles. The molecule has 0 amide bonds. The minimum absolute atomic E-state index is 0.0344. The highest BCUT2D eigenvalue weighted by Crippen LogP contribution is 2.26. The third-order valence-corrected chi connectivity index (χ3v) is 5.22. The van der Waals surface area contributed by atoms with Crippen LogP contribution in [0.25, 0.3) is 0 Å². The Morgan fingerprint density at radius 2 is 1.95 bits per heavy atom. The molecule has 0 fully saturated rings. The Bertz CT molecular complexity index is 845. The van der Waals surface area contributed by atoms with Crippen LogP contribution in [0.1, 0.15) is 11.1 Å². The maximum atomic E-state index is 13.7. The summed E-state index contributed by atoms with van der Waals surface area (Å²) in [6, 6.07) is 10.4. The smallest absolute Gasteiger partial charge is 0.263 e. The monoisotopic (exact) mass is 368 g/mol. The molecular weight excluding hydrogens is 359 g/mol. The van der Waals surface area contributed by atoms with Gasteiger partial charge in [-0.25, -0.2) is 12.8 Å². The summed E-state index contributed by atoms with van der Waals surface area (Å²) in [5, 5.41) is 8.84. The number of nitrogens with one attached hydrogen (secondary N) is 1. The second-order valence-corrected chi connectivity index (χ2v) is 6.78. The molecule has 0 saturated heterocycles. The molecule has 2 rings (SSSR count). The Morgan fingerprint density at radius 1 is 1.29 bits per heavy atom. The first-order chi connectivity index (χ1) is 9.85. The number of hydrogen-bond acceptors (Lipinski definition) is 3. The Kier molecular flexibility index (Phi) is 4.30. The number of nitriles is 1. The van der Waals surface area contributed by atoms with Crippen molar-refractivity contribution in [1.29, 1.82) is 5.26 Å². The van der Waals surface area contributed by atoms with E-state index in [4.69, 9.17) is 5.26 Å². The van der Waals surface area contributed by atoms with Crippen LogP contribution in [0.15, 0.2) is 45.8 Å². The van der Waals surface area contributed by atoms with Crippen LogP contribution in [0.2, 0.25) is 0 Å². The largest absolute Gasteiger partial charge is 0.279 e. The van der Waals surface area contributed by atoms with E-state index in [2.05, 4.69) is 20.7 Å². The zero-order valence-corrected chi connectivity index (χ0v) is 13.3. The maximum Gasteiger partial charge on any atom is 0.263 e. The number of hydrogen-bond donors (Lipinski definition) is 1. The third-order valence-electron chi connectivity index (χ3n) is 2.84. The van der Waals surface area contributed by atoms with Crippen molar-refractivity contribution in [1.82, 2.24) is 0 Å². The standard InChI is InChI=1S/C14H10BrFN2O2S/c1-9-12(16)6-10(8-17)7-13(9)18-21(19,20)14-5-3-2-4-11(14)15/h2-7,18H,1H3. The van der Waals surface area contributed by atoms with Crippen LogP contribution in [0.5, 0.6) is 0 Å². The Morgan fingerprint density at radius 3 is 2.57 bits per heavy atom. The lowest BCUT2D eigenvalue weighted by Gasteiger charge is -2.12. The van der Waals surface area contributed by atoms with Crippen molar-refractivity contribution in [3.63, 3.8) is 0 Å². The average molecular weight is 369 g/mol. The molecule has 0 aromatic heterocycles. The molecule has 108 valence electrons. The van der Waals surface area contributed by atoms with Crippen LogP contribution in [0.3, 0.4) is 0 Å². The normalized spacial score (nSPS) is 11.0. The fourth-order valence-electron chi connectivity index (χ4n) is 1.71. The zero-order chi connectivity index (χ0) is 15.6. The van der Waals surface area contributed by atoms with Crippen LogP contribution >= 0.6 is 15.9 Å². The molecule has 0 radical (unpaired) electrons. The van der Waals surface area contributed by atoms with Crippen LogP contribution in [-0.2, 0) is 10.0 Å². The molecular formula is C14H10BrFN2O2S. The van der Waals surface area contributed by atoms with Gasteiger partial charge in [0.05, 0.1) is 17.3 Å². The van der Waals surface area contributed by atoms with Gasteiger partial charge in [0.25, 0.3) is 10.0 Å². The van der Waals surface area contributed by atoms with Gasteiger partial charge in [-0.3, -0.25) is 4.72 Å². The highest BCUT2D eigenvalue weighted by atomic mass is 79.9. The Hall–Kier alpha value is -1.91. The van der Waals surface area contributed by atoms with Crippen molar-refractivity contribution >= 4 is 31.6 Å². The lowest BCUT2D eigenvalue weighted by molar-refractivity contribution is 0.600. The van der Waals surface area contributed by atoms with Gasteiger partial charge in [-0.2, -0.15) is 5.26 Å². The molecule has 1 N–H and O–H groups in total. The van der Waals surface area contributed by atoms with Crippen LogP contribution in [0, 0.1) is 24.1 Å². The first-order valence-electron chi connectivity index (χ1n) is 5.83. The highest BCUT2D eigenvalue weighted by molar-refractivity contribution is 9.10. The van der Waals surface area contributed by atoms with E-state index in [-0.39, 0.29) is 21.7 Å². The molecule has 0 atom stereocenters. The molecule has 0 aliphatic carbocycles. The van der Waals surface area contributed by atoms with E-state index in [1.54, 1.807) is 24.3 Å². The topological polar surface area (TPSA) is 70.0 Å². The zero-order valence-electron chi connectivity index (χ0n) is 10.9. The van der Waals surface area contributed by atoms with E-state index >= 15 is 0 Å². The van der Waals surface area contributed by atoms with Gasteiger partial charge in [0.15, 0.2) is 0 Å². The van der Waals surface area contributed by atoms with Crippen molar-refractivity contribution < 1.29 is 12.8 Å². The first-order valence-corrected chi connectivity index (χ1v) is 8.10. The summed E-state index contributed by atoms with van der Waals surface area (Å²) in [7, 11) is -3.88. The number of nitrogens with zero attached hydrogens (tertiary/aromatic N) is 1.